The molecule has 0 amide bonds. The Morgan fingerprint density at radius 2 is 1.58 bits per heavy atom. The fraction of sp³-hybridized carbons (Fsp3) is 0.970. The van der Waals surface area contributed by atoms with Gasteiger partial charge in [-0.1, -0.05) is 34.6 Å². The highest BCUT2D eigenvalue weighted by atomic mass is 16.7. The van der Waals surface area contributed by atoms with Crippen molar-refractivity contribution in [2.75, 3.05) is 0 Å². The lowest BCUT2D eigenvalue weighted by Gasteiger charge is -2.63. The van der Waals surface area contributed by atoms with Gasteiger partial charge in [0.2, 0.25) is 0 Å². The van der Waals surface area contributed by atoms with Crippen LogP contribution in [0.5, 0.6) is 0 Å². The van der Waals surface area contributed by atoms with Crippen LogP contribution in [0.25, 0.3) is 0 Å². The highest BCUT2D eigenvalue weighted by molar-refractivity contribution is 5.73. The van der Waals surface area contributed by atoms with Gasteiger partial charge in [-0.05, 0) is 110 Å². The third-order valence-electron chi connectivity index (χ3n) is 13.0. The molecule has 4 saturated carbocycles. The molecule has 1 aliphatic heterocycles. The number of carboxylic acids is 1. The summed E-state index contributed by atoms with van der Waals surface area (Å²) >= 11 is 0. The van der Waals surface area contributed by atoms with Crippen LogP contribution in [0.3, 0.4) is 0 Å². The summed E-state index contributed by atoms with van der Waals surface area (Å²) in [6.45, 7) is 10.8. The van der Waals surface area contributed by atoms with Crippen molar-refractivity contribution in [1.82, 2.24) is 0 Å². The largest absolute Gasteiger partial charge is 0.479 e. The third-order valence-corrected chi connectivity index (χ3v) is 13.0. The smallest absolute Gasteiger partial charge is 0.335 e. The summed E-state index contributed by atoms with van der Waals surface area (Å²) in [5, 5.41) is 74.3. The molecule has 0 bridgehead atoms. The maximum absolute atomic E-state index is 11.9. The van der Waals surface area contributed by atoms with Crippen LogP contribution >= 0.6 is 0 Å². The van der Waals surface area contributed by atoms with Gasteiger partial charge in [0.15, 0.2) is 12.4 Å². The normalized spacial score (nSPS) is 51.3. The Bertz CT molecular complexity index is 993. The van der Waals surface area contributed by atoms with Crippen molar-refractivity contribution in [2.45, 2.75) is 148 Å². The van der Waals surface area contributed by atoms with Crippen molar-refractivity contribution in [1.29, 1.82) is 0 Å². The zero-order valence-electron chi connectivity index (χ0n) is 26.5. The van der Waals surface area contributed by atoms with Crippen LogP contribution in [0.15, 0.2) is 0 Å². The summed E-state index contributed by atoms with van der Waals surface area (Å²) in [5.74, 6) is -0.111. The van der Waals surface area contributed by atoms with E-state index in [2.05, 4.69) is 34.6 Å². The average molecular weight is 613 g/mol. The first-order chi connectivity index (χ1) is 20.1. The van der Waals surface area contributed by atoms with Crippen molar-refractivity contribution in [3.05, 3.63) is 0 Å². The predicted molar refractivity (Wildman–Crippen MR) is 156 cm³/mol. The second-order valence-corrected chi connectivity index (χ2v) is 15.9. The van der Waals surface area contributed by atoms with E-state index >= 15 is 0 Å². The van der Waals surface area contributed by atoms with E-state index in [9.17, 15) is 40.5 Å². The second kappa shape index (κ2) is 12.4. The minimum absolute atomic E-state index is 0.0120. The number of aliphatic hydroxyl groups is 6. The van der Waals surface area contributed by atoms with Crippen LogP contribution in [0.4, 0.5) is 0 Å². The first-order valence-electron chi connectivity index (χ1n) is 16.7. The van der Waals surface area contributed by atoms with Crippen molar-refractivity contribution >= 4 is 5.97 Å². The molecule has 5 fully saturated rings. The second-order valence-electron chi connectivity index (χ2n) is 15.9. The van der Waals surface area contributed by atoms with Crippen molar-refractivity contribution in [3.8, 4) is 0 Å². The van der Waals surface area contributed by atoms with Crippen LogP contribution in [0.1, 0.15) is 92.4 Å². The first-order valence-corrected chi connectivity index (χ1v) is 16.7. The summed E-state index contributed by atoms with van der Waals surface area (Å²) in [7, 11) is 0. The van der Waals surface area contributed by atoms with Gasteiger partial charge in [0.05, 0.1) is 24.4 Å². The van der Waals surface area contributed by atoms with E-state index in [1.807, 2.05) is 0 Å². The number of aliphatic carboxylic acids is 1. The molecule has 1 heterocycles. The molecule has 1 saturated heterocycles. The molecule has 7 N–H and O–H groups in total. The lowest BCUT2D eigenvalue weighted by molar-refractivity contribution is -0.306. The quantitative estimate of drug-likeness (QED) is 0.215. The fourth-order valence-corrected chi connectivity index (χ4v) is 10.8. The standard InChI is InChI=1S/C33H56O10/c1-15(2)10-19(42-31-28(39)26(37)27(38)29(43-31)30(40)41)11-16(3)20-6-7-21-25-22(14-24(36)33(20,21)5)32(4)9-8-18(34)12-17(32)13-23(25)35/h15-29,31,34-39H,6-14H2,1-5H3,(H,40,41). The maximum atomic E-state index is 11.9. The molecular formula is C33H56O10. The first kappa shape index (κ1) is 33.5. The Hall–Kier alpha value is -0.850. The molecule has 0 aromatic rings. The SMILES string of the molecule is CC(C)CC(CC(C)C1CCC2C3C(O)CC4CC(O)CCC4(C)C3CC(O)C12C)OC1OC(C(=O)O)C(O)C(O)C1O. The van der Waals surface area contributed by atoms with Gasteiger partial charge < -0.3 is 45.2 Å². The number of aliphatic hydroxyl groups excluding tert-OH is 6. The molecule has 10 heteroatoms. The Kier molecular flexibility index (Phi) is 9.66. The van der Waals surface area contributed by atoms with Crippen LogP contribution in [-0.2, 0) is 14.3 Å². The lowest BCUT2D eigenvalue weighted by atomic mass is 9.43. The van der Waals surface area contributed by atoms with E-state index in [-0.39, 0.29) is 58.4 Å². The number of hydrogen-bond acceptors (Lipinski definition) is 9. The molecule has 248 valence electrons. The van der Waals surface area contributed by atoms with Crippen LogP contribution in [0, 0.1) is 52.3 Å². The molecule has 10 nitrogen and oxygen atoms in total. The average Bonchev–Trinajstić information content (AvgIpc) is 3.28. The van der Waals surface area contributed by atoms with Crippen LogP contribution < -0.4 is 0 Å². The van der Waals surface area contributed by atoms with E-state index in [0.717, 1.165) is 32.1 Å². The minimum atomic E-state index is -1.77. The summed E-state index contributed by atoms with van der Waals surface area (Å²) in [6, 6.07) is 0. The number of rotatable bonds is 8. The van der Waals surface area contributed by atoms with Crippen molar-refractivity contribution in [3.63, 3.8) is 0 Å². The third kappa shape index (κ3) is 5.81. The molecule has 4 aliphatic carbocycles. The molecule has 0 aromatic carbocycles. The predicted octanol–water partition coefficient (Wildman–Crippen LogP) is 2.30. The van der Waals surface area contributed by atoms with E-state index in [1.165, 1.54) is 0 Å². The van der Waals surface area contributed by atoms with Crippen LogP contribution in [-0.4, -0.2) is 96.8 Å². The molecular weight excluding hydrogens is 556 g/mol. The summed E-state index contributed by atoms with van der Waals surface area (Å²) in [5.41, 5.74) is -0.366. The summed E-state index contributed by atoms with van der Waals surface area (Å²) in [4.78, 5) is 11.6. The van der Waals surface area contributed by atoms with Gasteiger partial charge in [0.1, 0.15) is 18.3 Å². The number of carboxylic acid groups (broad SMARTS) is 1. The van der Waals surface area contributed by atoms with E-state index in [1.54, 1.807) is 0 Å². The fourth-order valence-electron chi connectivity index (χ4n) is 10.8. The van der Waals surface area contributed by atoms with Gasteiger partial charge in [0, 0.05) is 0 Å². The van der Waals surface area contributed by atoms with Gasteiger partial charge in [-0.2, -0.15) is 0 Å². The van der Waals surface area contributed by atoms with Gasteiger partial charge in [0.25, 0.3) is 0 Å². The molecule has 0 spiro atoms. The number of fused-ring (bicyclic) bond motifs is 5. The monoisotopic (exact) mass is 612 g/mol. The molecule has 0 aromatic heterocycles. The number of hydrogen-bond donors (Lipinski definition) is 7. The van der Waals surface area contributed by atoms with E-state index < -0.39 is 55.0 Å². The van der Waals surface area contributed by atoms with E-state index in [4.69, 9.17) is 9.47 Å². The van der Waals surface area contributed by atoms with Crippen molar-refractivity contribution < 1.29 is 50.0 Å². The Morgan fingerprint density at radius 3 is 2.23 bits per heavy atom. The number of carbonyl (C=O) groups is 1. The summed E-state index contributed by atoms with van der Waals surface area (Å²) < 4.78 is 11.6. The topological polar surface area (TPSA) is 177 Å². The van der Waals surface area contributed by atoms with E-state index in [0.29, 0.717) is 25.7 Å². The molecule has 43 heavy (non-hydrogen) atoms. The molecule has 5 rings (SSSR count). The maximum Gasteiger partial charge on any atom is 0.335 e. The lowest BCUT2D eigenvalue weighted by Crippen LogP contribution is -2.62. The van der Waals surface area contributed by atoms with Crippen LogP contribution in [0.2, 0.25) is 0 Å². The Labute approximate surface area is 255 Å². The van der Waals surface area contributed by atoms with Gasteiger partial charge in [-0.25, -0.2) is 4.79 Å². The van der Waals surface area contributed by atoms with Gasteiger partial charge in [-0.15, -0.1) is 0 Å². The highest BCUT2D eigenvalue weighted by Gasteiger charge is 2.65. The molecule has 17 unspecified atom stereocenters. The Morgan fingerprint density at radius 1 is 0.884 bits per heavy atom. The molecule has 0 radical (unpaired) electrons. The van der Waals surface area contributed by atoms with Crippen molar-refractivity contribution in [2.24, 2.45) is 52.3 Å². The minimum Gasteiger partial charge on any atom is -0.479 e. The molecule has 17 atom stereocenters. The summed E-state index contributed by atoms with van der Waals surface area (Å²) in [6.07, 6.45) is -2.96. The zero-order valence-corrected chi connectivity index (χ0v) is 26.5. The Balaban J connectivity index is 1.33. The zero-order chi connectivity index (χ0) is 31.6. The molecule has 5 aliphatic rings. The highest BCUT2D eigenvalue weighted by Crippen LogP contribution is 2.68. The van der Waals surface area contributed by atoms with Gasteiger partial charge in [-0.3, -0.25) is 0 Å². The van der Waals surface area contributed by atoms with Gasteiger partial charge >= 0.3 is 5.97 Å². The number of ether oxygens (including phenoxy) is 2.